The van der Waals surface area contributed by atoms with Gasteiger partial charge in [0.15, 0.2) is 5.82 Å². The number of aromatic nitrogens is 3. The van der Waals surface area contributed by atoms with Crippen LogP contribution in [-0.4, -0.2) is 20.7 Å². The molecule has 1 N–H and O–H groups in total. The van der Waals surface area contributed by atoms with Crippen molar-refractivity contribution in [2.24, 2.45) is 0 Å². The van der Waals surface area contributed by atoms with E-state index in [0.29, 0.717) is 12.1 Å². The molecule has 22 heavy (non-hydrogen) atoms. The Bertz CT molecular complexity index is 781. The van der Waals surface area contributed by atoms with Gasteiger partial charge in [0.05, 0.1) is 0 Å². The first-order valence-electron chi connectivity index (χ1n) is 7.03. The first kappa shape index (κ1) is 14.0. The number of carbonyl (C=O) groups excluding carboxylic acids is 1. The summed E-state index contributed by atoms with van der Waals surface area (Å²) in [5.74, 6) is 0.656. The fourth-order valence-electron chi connectivity index (χ4n) is 2.21. The molecule has 110 valence electrons. The Morgan fingerprint density at radius 2 is 2.05 bits per heavy atom. The van der Waals surface area contributed by atoms with Gasteiger partial charge in [0.1, 0.15) is 0 Å². The molecule has 0 radical (unpaired) electrons. The van der Waals surface area contributed by atoms with E-state index in [2.05, 4.69) is 15.4 Å². The molecule has 0 fully saturated rings. The van der Waals surface area contributed by atoms with Crippen molar-refractivity contribution >= 4 is 5.91 Å². The zero-order chi connectivity index (χ0) is 15.4. The number of hydrogen-bond acceptors (Lipinski definition) is 3. The van der Waals surface area contributed by atoms with Crippen molar-refractivity contribution in [3.8, 4) is 5.82 Å². The third kappa shape index (κ3) is 3.03. The quantitative estimate of drug-likeness (QED) is 0.803. The summed E-state index contributed by atoms with van der Waals surface area (Å²) in [5.41, 5.74) is 2.64. The first-order chi connectivity index (χ1) is 10.7. The largest absolute Gasteiger partial charge is 0.348 e. The van der Waals surface area contributed by atoms with Gasteiger partial charge in [0, 0.05) is 30.7 Å². The number of carbonyl (C=O) groups is 1. The normalized spacial score (nSPS) is 10.4. The summed E-state index contributed by atoms with van der Waals surface area (Å²) in [7, 11) is 0. The summed E-state index contributed by atoms with van der Waals surface area (Å²) in [6.07, 6.45) is 5.25. The SMILES string of the molecule is Cc1ccccc1C(=O)NCc1ccnc(-n2cccn2)c1. The molecule has 3 aromatic rings. The van der Waals surface area contributed by atoms with Gasteiger partial charge in [-0.25, -0.2) is 9.67 Å². The number of nitrogens with one attached hydrogen (secondary N) is 1. The molecule has 0 saturated heterocycles. The highest BCUT2D eigenvalue weighted by Gasteiger charge is 2.08. The number of pyridine rings is 1. The molecule has 0 bridgehead atoms. The average Bonchev–Trinajstić information content (AvgIpc) is 3.08. The molecule has 3 rings (SSSR count). The highest BCUT2D eigenvalue weighted by atomic mass is 16.1. The van der Waals surface area contributed by atoms with Crippen LogP contribution in [0.1, 0.15) is 21.5 Å². The molecular formula is C17H16N4O. The highest BCUT2D eigenvalue weighted by Crippen LogP contribution is 2.09. The zero-order valence-corrected chi connectivity index (χ0v) is 12.2. The second-order valence-corrected chi connectivity index (χ2v) is 4.97. The van der Waals surface area contributed by atoms with Gasteiger partial charge >= 0.3 is 0 Å². The molecule has 1 aromatic carbocycles. The number of benzene rings is 1. The topological polar surface area (TPSA) is 59.8 Å². The molecule has 0 aliphatic heterocycles. The van der Waals surface area contributed by atoms with Crippen molar-refractivity contribution in [3.63, 3.8) is 0 Å². The van der Waals surface area contributed by atoms with E-state index in [-0.39, 0.29) is 5.91 Å². The monoisotopic (exact) mass is 292 g/mol. The van der Waals surface area contributed by atoms with E-state index in [9.17, 15) is 4.79 Å². The zero-order valence-electron chi connectivity index (χ0n) is 12.2. The Morgan fingerprint density at radius 1 is 1.18 bits per heavy atom. The van der Waals surface area contributed by atoms with Crippen LogP contribution >= 0.6 is 0 Å². The minimum absolute atomic E-state index is 0.0736. The van der Waals surface area contributed by atoms with Gasteiger partial charge in [0.25, 0.3) is 5.91 Å². The molecule has 5 heteroatoms. The van der Waals surface area contributed by atoms with Crippen LogP contribution in [0.2, 0.25) is 0 Å². The maximum Gasteiger partial charge on any atom is 0.251 e. The summed E-state index contributed by atoms with van der Waals surface area (Å²) in [5, 5.41) is 7.08. The molecule has 2 heterocycles. The number of nitrogens with zero attached hydrogens (tertiary/aromatic N) is 3. The summed E-state index contributed by atoms with van der Waals surface area (Å²) < 4.78 is 1.69. The maximum atomic E-state index is 12.2. The molecule has 5 nitrogen and oxygen atoms in total. The molecular weight excluding hydrogens is 276 g/mol. The van der Waals surface area contributed by atoms with Gasteiger partial charge in [-0.05, 0) is 42.3 Å². The number of amides is 1. The van der Waals surface area contributed by atoms with Crippen molar-refractivity contribution in [1.29, 1.82) is 0 Å². The van der Waals surface area contributed by atoms with E-state index in [1.807, 2.05) is 55.6 Å². The lowest BCUT2D eigenvalue weighted by molar-refractivity contribution is 0.0950. The van der Waals surface area contributed by atoms with Crippen LogP contribution < -0.4 is 5.32 Å². The lowest BCUT2D eigenvalue weighted by Crippen LogP contribution is -2.23. The molecule has 0 unspecified atom stereocenters. The van der Waals surface area contributed by atoms with Crippen LogP contribution in [-0.2, 0) is 6.54 Å². The Morgan fingerprint density at radius 3 is 2.82 bits per heavy atom. The highest BCUT2D eigenvalue weighted by molar-refractivity contribution is 5.95. The van der Waals surface area contributed by atoms with Gasteiger partial charge in [0.2, 0.25) is 0 Å². The maximum absolute atomic E-state index is 12.2. The third-order valence-electron chi connectivity index (χ3n) is 3.39. The van der Waals surface area contributed by atoms with Crippen molar-refractivity contribution in [1.82, 2.24) is 20.1 Å². The fourth-order valence-corrected chi connectivity index (χ4v) is 2.21. The summed E-state index contributed by atoms with van der Waals surface area (Å²) >= 11 is 0. The Balaban J connectivity index is 1.71. The third-order valence-corrected chi connectivity index (χ3v) is 3.39. The van der Waals surface area contributed by atoms with Crippen LogP contribution in [0.3, 0.4) is 0 Å². The van der Waals surface area contributed by atoms with Gasteiger partial charge in [-0.3, -0.25) is 4.79 Å². The van der Waals surface area contributed by atoms with Crippen molar-refractivity contribution in [2.45, 2.75) is 13.5 Å². The van der Waals surface area contributed by atoms with Crippen LogP contribution in [0.25, 0.3) is 5.82 Å². The molecule has 0 aliphatic carbocycles. The van der Waals surface area contributed by atoms with E-state index < -0.39 is 0 Å². The minimum atomic E-state index is -0.0736. The Kier molecular flexibility index (Phi) is 3.96. The van der Waals surface area contributed by atoms with E-state index in [1.54, 1.807) is 17.1 Å². The summed E-state index contributed by atoms with van der Waals surface area (Å²) in [4.78, 5) is 16.5. The van der Waals surface area contributed by atoms with Crippen molar-refractivity contribution in [2.75, 3.05) is 0 Å². The predicted molar refractivity (Wildman–Crippen MR) is 83.7 cm³/mol. The van der Waals surface area contributed by atoms with Crippen molar-refractivity contribution < 1.29 is 4.79 Å². The van der Waals surface area contributed by atoms with Gasteiger partial charge in [-0.2, -0.15) is 5.10 Å². The summed E-state index contributed by atoms with van der Waals surface area (Å²) in [6.45, 7) is 2.38. The second-order valence-electron chi connectivity index (χ2n) is 4.97. The second kappa shape index (κ2) is 6.22. The van der Waals surface area contributed by atoms with E-state index in [4.69, 9.17) is 0 Å². The number of aryl methyl sites for hydroxylation is 1. The number of hydrogen-bond donors (Lipinski definition) is 1. The molecule has 0 atom stereocenters. The first-order valence-corrected chi connectivity index (χ1v) is 7.03. The lowest BCUT2D eigenvalue weighted by atomic mass is 10.1. The van der Waals surface area contributed by atoms with E-state index in [1.165, 1.54) is 0 Å². The van der Waals surface area contributed by atoms with Crippen LogP contribution in [0.4, 0.5) is 0 Å². The van der Waals surface area contributed by atoms with Gasteiger partial charge in [-0.1, -0.05) is 18.2 Å². The molecule has 0 spiro atoms. The van der Waals surface area contributed by atoms with Crippen LogP contribution in [0.5, 0.6) is 0 Å². The fraction of sp³-hybridized carbons (Fsp3) is 0.118. The predicted octanol–water partition coefficient (Wildman–Crippen LogP) is 2.51. The van der Waals surface area contributed by atoms with Crippen molar-refractivity contribution in [3.05, 3.63) is 77.7 Å². The van der Waals surface area contributed by atoms with Gasteiger partial charge < -0.3 is 5.32 Å². The molecule has 0 saturated carbocycles. The van der Waals surface area contributed by atoms with Crippen LogP contribution in [0, 0.1) is 6.92 Å². The Hall–Kier alpha value is -2.95. The van der Waals surface area contributed by atoms with Gasteiger partial charge in [-0.15, -0.1) is 0 Å². The Labute approximate surface area is 128 Å². The van der Waals surface area contributed by atoms with E-state index in [0.717, 1.165) is 16.9 Å². The molecule has 0 aliphatic rings. The molecule has 2 aromatic heterocycles. The molecule has 1 amide bonds. The number of rotatable bonds is 4. The standard InChI is InChI=1S/C17H16N4O/c1-13-5-2-3-6-15(13)17(22)19-12-14-7-9-18-16(11-14)21-10-4-8-20-21/h2-11H,12H2,1H3,(H,19,22). The lowest BCUT2D eigenvalue weighted by Gasteiger charge is -2.08. The minimum Gasteiger partial charge on any atom is -0.348 e. The van der Waals surface area contributed by atoms with Crippen LogP contribution in [0.15, 0.2) is 61.1 Å². The smallest absolute Gasteiger partial charge is 0.251 e. The summed E-state index contributed by atoms with van der Waals surface area (Å²) in [6, 6.07) is 13.2. The van der Waals surface area contributed by atoms with E-state index >= 15 is 0 Å². The average molecular weight is 292 g/mol.